The summed E-state index contributed by atoms with van der Waals surface area (Å²) in [5.41, 5.74) is 5.23. The van der Waals surface area contributed by atoms with Gasteiger partial charge in [-0.15, -0.1) is 0 Å². The second-order valence-electron chi connectivity index (χ2n) is 7.55. The second-order valence-corrected chi connectivity index (χ2v) is 7.55. The lowest BCUT2D eigenvalue weighted by Gasteiger charge is -2.38. The van der Waals surface area contributed by atoms with Gasteiger partial charge in [0.05, 0.1) is 6.67 Å². The van der Waals surface area contributed by atoms with Crippen molar-refractivity contribution >= 4 is 5.91 Å². The van der Waals surface area contributed by atoms with Crippen LogP contribution >= 0.6 is 0 Å². The maximum Gasteiger partial charge on any atom is 0.260 e. The van der Waals surface area contributed by atoms with Crippen LogP contribution in [0.25, 0.3) is 0 Å². The standard InChI is InChI=1S/C19H27N3O2/c20-12-22(17-15-10-21-11-16(15)17)18(23)19(24,14-8-4-5-9-14)13-6-2-1-3-7-13/h1-3,6-7,14-17,21,24H,4-5,8-12,20H2/t15?,16?,17?,19-/m0/s1. The van der Waals surface area contributed by atoms with Crippen LogP contribution in [-0.4, -0.2) is 41.7 Å². The average Bonchev–Trinajstić information content (AvgIpc) is 3.07. The average molecular weight is 329 g/mol. The molecule has 2 unspecified atom stereocenters. The number of aliphatic hydroxyl groups is 1. The molecule has 0 bridgehead atoms. The Kier molecular flexibility index (Phi) is 4.11. The summed E-state index contributed by atoms with van der Waals surface area (Å²) in [5, 5.41) is 15.0. The molecule has 4 rings (SSSR count). The van der Waals surface area contributed by atoms with Crippen molar-refractivity contribution in [1.82, 2.24) is 10.2 Å². The number of benzene rings is 1. The number of nitrogens with zero attached hydrogens (tertiary/aromatic N) is 1. The lowest BCUT2D eigenvalue weighted by Crippen LogP contribution is -2.54. The first-order valence-corrected chi connectivity index (χ1v) is 9.17. The van der Waals surface area contributed by atoms with Crippen LogP contribution in [-0.2, 0) is 10.4 Å². The van der Waals surface area contributed by atoms with Crippen LogP contribution in [0.4, 0.5) is 0 Å². The summed E-state index contributed by atoms with van der Waals surface area (Å²) in [6, 6.07) is 9.65. The zero-order chi connectivity index (χ0) is 16.7. The summed E-state index contributed by atoms with van der Waals surface area (Å²) >= 11 is 0. The van der Waals surface area contributed by atoms with Gasteiger partial charge in [-0.1, -0.05) is 43.2 Å². The zero-order valence-electron chi connectivity index (χ0n) is 14.0. The van der Waals surface area contributed by atoms with E-state index in [2.05, 4.69) is 5.32 Å². The van der Waals surface area contributed by atoms with E-state index in [1.54, 1.807) is 4.90 Å². The molecule has 3 aliphatic rings. The van der Waals surface area contributed by atoms with Gasteiger partial charge in [-0.25, -0.2) is 0 Å². The number of carbonyl (C=O) groups is 1. The summed E-state index contributed by atoms with van der Waals surface area (Å²) in [4.78, 5) is 15.2. The van der Waals surface area contributed by atoms with Gasteiger partial charge in [0.15, 0.2) is 5.60 Å². The van der Waals surface area contributed by atoms with Crippen molar-refractivity contribution in [2.75, 3.05) is 19.8 Å². The molecule has 1 aromatic rings. The molecule has 0 radical (unpaired) electrons. The molecule has 1 heterocycles. The third-order valence-corrected chi connectivity index (χ3v) is 6.35. The highest BCUT2D eigenvalue weighted by Gasteiger charge is 2.59. The normalized spacial score (nSPS) is 31.5. The maximum atomic E-state index is 13.5. The van der Waals surface area contributed by atoms with Crippen molar-refractivity contribution < 1.29 is 9.90 Å². The molecular formula is C19H27N3O2. The van der Waals surface area contributed by atoms with Crippen molar-refractivity contribution in [2.45, 2.75) is 37.3 Å². The molecule has 2 aliphatic carbocycles. The summed E-state index contributed by atoms with van der Waals surface area (Å²) in [5.74, 6) is 0.794. The Bertz CT molecular complexity index is 592. The van der Waals surface area contributed by atoms with Gasteiger partial charge in [-0.3, -0.25) is 4.79 Å². The minimum atomic E-state index is -1.44. The summed E-state index contributed by atoms with van der Waals surface area (Å²) in [6.07, 6.45) is 3.95. The molecule has 3 fully saturated rings. The molecule has 4 N–H and O–H groups in total. The summed E-state index contributed by atoms with van der Waals surface area (Å²) in [7, 11) is 0. The molecule has 1 saturated heterocycles. The fraction of sp³-hybridized carbons (Fsp3) is 0.632. The molecule has 5 heteroatoms. The zero-order valence-corrected chi connectivity index (χ0v) is 14.0. The van der Waals surface area contributed by atoms with Crippen LogP contribution in [0, 0.1) is 17.8 Å². The largest absolute Gasteiger partial charge is 0.375 e. The van der Waals surface area contributed by atoms with Crippen molar-refractivity contribution in [3.63, 3.8) is 0 Å². The van der Waals surface area contributed by atoms with Crippen LogP contribution in [0.2, 0.25) is 0 Å². The van der Waals surface area contributed by atoms with Gasteiger partial charge < -0.3 is 21.1 Å². The lowest BCUT2D eigenvalue weighted by molar-refractivity contribution is -0.160. The van der Waals surface area contributed by atoms with E-state index in [0.717, 1.165) is 38.8 Å². The quantitative estimate of drug-likeness (QED) is 0.705. The second kappa shape index (κ2) is 6.14. The number of rotatable bonds is 5. The van der Waals surface area contributed by atoms with Crippen molar-refractivity contribution in [1.29, 1.82) is 0 Å². The van der Waals surface area contributed by atoms with Crippen molar-refractivity contribution in [2.24, 2.45) is 23.5 Å². The van der Waals surface area contributed by atoms with Gasteiger partial charge in [0.2, 0.25) is 0 Å². The highest BCUT2D eigenvalue weighted by Crippen LogP contribution is 2.48. The number of carbonyl (C=O) groups excluding carboxylic acids is 1. The number of hydrogen-bond donors (Lipinski definition) is 3. The lowest BCUT2D eigenvalue weighted by atomic mass is 9.79. The highest BCUT2D eigenvalue weighted by atomic mass is 16.3. The molecule has 1 aromatic carbocycles. The number of piperidine rings is 1. The van der Waals surface area contributed by atoms with E-state index in [-0.39, 0.29) is 24.5 Å². The Labute approximate surface area is 143 Å². The van der Waals surface area contributed by atoms with Gasteiger partial charge in [-0.2, -0.15) is 0 Å². The van der Waals surface area contributed by atoms with Crippen LogP contribution in [0.1, 0.15) is 31.2 Å². The topological polar surface area (TPSA) is 78.6 Å². The first kappa shape index (κ1) is 16.1. The van der Waals surface area contributed by atoms with Gasteiger partial charge in [0.1, 0.15) is 0 Å². The molecule has 3 atom stereocenters. The van der Waals surface area contributed by atoms with E-state index in [0.29, 0.717) is 17.4 Å². The van der Waals surface area contributed by atoms with Gasteiger partial charge in [0, 0.05) is 25.0 Å². The number of nitrogens with one attached hydrogen (secondary N) is 1. The van der Waals surface area contributed by atoms with E-state index >= 15 is 0 Å². The molecule has 2 saturated carbocycles. The third kappa shape index (κ3) is 2.38. The molecule has 1 aliphatic heterocycles. The van der Waals surface area contributed by atoms with Crippen LogP contribution in [0.15, 0.2) is 30.3 Å². The number of amides is 1. The Balaban J connectivity index is 1.66. The molecule has 5 nitrogen and oxygen atoms in total. The third-order valence-electron chi connectivity index (χ3n) is 6.35. The Morgan fingerprint density at radius 1 is 1.21 bits per heavy atom. The Hall–Kier alpha value is -1.43. The summed E-state index contributed by atoms with van der Waals surface area (Å²) < 4.78 is 0. The highest BCUT2D eigenvalue weighted by molar-refractivity contribution is 5.87. The molecule has 24 heavy (non-hydrogen) atoms. The van der Waals surface area contributed by atoms with Crippen LogP contribution < -0.4 is 11.1 Å². The minimum absolute atomic E-state index is 0.0156. The fourth-order valence-electron chi connectivity index (χ4n) is 4.98. The van der Waals surface area contributed by atoms with Gasteiger partial charge in [0.25, 0.3) is 5.91 Å². The van der Waals surface area contributed by atoms with E-state index < -0.39 is 5.60 Å². The molecule has 0 spiro atoms. The SMILES string of the molecule is NCN(C(=O)[C@](O)(c1ccccc1)C1CCCC1)C1C2CNCC21. The Morgan fingerprint density at radius 2 is 1.83 bits per heavy atom. The molecular weight excluding hydrogens is 302 g/mol. The summed E-state index contributed by atoms with van der Waals surface area (Å²) in [6.45, 7) is 2.08. The fourth-order valence-corrected chi connectivity index (χ4v) is 4.98. The van der Waals surface area contributed by atoms with Crippen molar-refractivity contribution in [3.05, 3.63) is 35.9 Å². The monoisotopic (exact) mass is 329 g/mol. The molecule has 130 valence electrons. The minimum Gasteiger partial charge on any atom is -0.375 e. The Morgan fingerprint density at radius 3 is 2.42 bits per heavy atom. The first-order chi connectivity index (χ1) is 11.7. The predicted molar refractivity (Wildman–Crippen MR) is 91.8 cm³/mol. The van der Waals surface area contributed by atoms with E-state index in [4.69, 9.17) is 5.73 Å². The van der Waals surface area contributed by atoms with E-state index in [9.17, 15) is 9.90 Å². The smallest absolute Gasteiger partial charge is 0.260 e. The van der Waals surface area contributed by atoms with Gasteiger partial charge in [-0.05, 0) is 30.2 Å². The first-order valence-electron chi connectivity index (χ1n) is 9.17. The number of nitrogens with two attached hydrogens (primary N) is 1. The number of fused-ring (bicyclic) bond motifs is 1. The van der Waals surface area contributed by atoms with Crippen molar-refractivity contribution in [3.8, 4) is 0 Å². The molecule has 1 amide bonds. The van der Waals surface area contributed by atoms with Crippen LogP contribution in [0.5, 0.6) is 0 Å². The predicted octanol–water partition coefficient (Wildman–Crippen LogP) is 1.03. The van der Waals surface area contributed by atoms with E-state index in [1.165, 1.54) is 0 Å². The van der Waals surface area contributed by atoms with Crippen LogP contribution in [0.3, 0.4) is 0 Å². The molecule has 0 aromatic heterocycles. The van der Waals surface area contributed by atoms with Gasteiger partial charge >= 0.3 is 0 Å². The number of hydrogen-bond acceptors (Lipinski definition) is 4. The van der Waals surface area contributed by atoms with E-state index in [1.807, 2.05) is 30.3 Å². The maximum absolute atomic E-state index is 13.5.